The van der Waals surface area contributed by atoms with Gasteiger partial charge in [-0.05, 0) is 30.5 Å². The smallest absolute Gasteiger partial charge is 0.339 e. The fraction of sp³-hybridized carbons (Fsp3) is 0.375. The van der Waals surface area contributed by atoms with E-state index in [9.17, 15) is 13.2 Å². The number of rotatable bonds is 7. The van der Waals surface area contributed by atoms with Crippen molar-refractivity contribution in [2.75, 3.05) is 11.8 Å². The second-order valence-corrected chi connectivity index (χ2v) is 7.73. The first-order valence-electron chi connectivity index (χ1n) is 7.74. The molecule has 0 aliphatic heterocycles. The van der Waals surface area contributed by atoms with Crippen LogP contribution in [0.25, 0.3) is 0 Å². The molecule has 0 aliphatic carbocycles. The molecule has 2 aromatic rings. The highest BCUT2D eigenvalue weighted by Crippen LogP contribution is 2.25. The molecule has 0 bridgehead atoms. The van der Waals surface area contributed by atoms with E-state index >= 15 is 0 Å². The van der Waals surface area contributed by atoms with Gasteiger partial charge in [0.15, 0.2) is 5.82 Å². The number of hydrogen-bond donors (Lipinski definition) is 2. The lowest BCUT2D eigenvalue weighted by Gasteiger charge is -2.08. The van der Waals surface area contributed by atoms with Gasteiger partial charge in [-0.1, -0.05) is 31.9 Å². The molecule has 1 atom stereocenters. The van der Waals surface area contributed by atoms with Crippen molar-refractivity contribution in [3.63, 3.8) is 0 Å². The summed E-state index contributed by atoms with van der Waals surface area (Å²) in [6, 6.07) is 5.46. The summed E-state index contributed by atoms with van der Waals surface area (Å²) in [6.07, 6.45) is 1.99. The predicted octanol–water partition coefficient (Wildman–Crippen LogP) is 3.55. The van der Waals surface area contributed by atoms with Gasteiger partial charge < -0.3 is 4.74 Å². The Morgan fingerprint density at radius 2 is 2.12 bits per heavy atom. The zero-order chi connectivity index (χ0) is 18.6. The normalized spacial score (nSPS) is 12.6. The van der Waals surface area contributed by atoms with Gasteiger partial charge in [0.2, 0.25) is 0 Å². The van der Waals surface area contributed by atoms with E-state index in [1.54, 1.807) is 6.07 Å². The molecular formula is C16H20ClN3O4S. The van der Waals surface area contributed by atoms with Gasteiger partial charge in [0.1, 0.15) is 0 Å². The summed E-state index contributed by atoms with van der Waals surface area (Å²) >= 11 is 5.98. The molecule has 136 valence electrons. The number of anilines is 1. The highest BCUT2D eigenvalue weighted by molar-refractivity contribution is 7.92. The maximum atomic E-state index is 12.5. The van der Waals surface area contributed by atoms with Crippen molar-refractivity contribution in [1.82, 2.24) is 10.2 Å². The van der Waals surface area contributed by atoms with Gasteiger partial charge >= 0.3 is 5.97 Å². The van der Waals surface area contributed by atoms with E-state index in [0.717, 1.165) is 18.5 Å². The van der Waals surface area contributed by atoms with Gasteiger partial charge in [-0.25, -0.2) is 13.2 Å². The van der Waals surface area contributed by atoms with Crippen LogP contribution in [-0.4, -0.2) is 31.7 Å². The Morgan fingerprint density at radius 3 is 2.72 bits per heavy atom. The molecule has 0 spiro atoms. The number of sulfonamides is 1. The molecule has 1 heterocycles. The van der Waals surface area contributed by atoms with Crippen LogP contribution >= 0.6 is 11.6 Å². The van der Waals surface area contributed by atoms with Crippen LogP contribution in [0.5, 0.6) is 0 Å². The number of carbonyl (C=O) groups excluding carboxylic acids is 1. The van der Waals surface area contributed by atoms with Gasteiger partial charge in [0, 0.05) is 11.8 Å². The molecule has 1 aromatic carbocycles. The van der Waals surface area contributed by atoms with Gasteiger partial charge in [-0.3, -0.25) is 9.82 Å². The van der Waals surface area contributed by atoms with E-state index in [1.807, 2.05) is 6.92 Å². The zero-order valence-electron chi connectivity index (χ0n) is 14.2. The number of nitrogens with one attached hydrogen (secondary N) is 2. The molecule has 1 aromatic heterocycles. The average Bonchev–Trinajstić information content (AvgIpc) is 3.02. The summed E-state index contributed by atoms with van der Waals surface area (Å²) in [5.74, 6) is -0.181. The molecule has 0 fully saturated rings. The zero-order valence-corrected chi connectivity index (χ0v) is 15.7. The third-order valence-electron chi connectivity index (χ3n) is 3.75. The van der Waals surface area contributed by atoms with Crippen molar-refractivity contribution in [1.29, 1.82) is 0 Å². The van der Waals surface area contributed by atoms with Crippen molar-refractivity contribution >= 4 is 33.4 Å². The van der Waals surface area contributed by atoms with Crippen molar-refractivity contribution in [2.24, 2.45) is 0 Å². The molecule has 25 heavy (non-hydrogen) atoms. The van der Waals surface area contributed by atoms with E-state index < -0.39 is 16.0 Å². The summed E-state index contributed by atoms with van der Waals surface area (Å²) in [4.78, 5) is 11.4. The number of nitrogens with zero attached hydrogens (tertiary/aromatic N) is 1. The fourth-order valence-electron chi connectivity index (χ4n) is 2.36. The van der Waals surface area contributed by atoms with Crippen LogP contribution in [0.1, 0.15) is 48.7 Å². The third-order valence-corrected chi connectivity index (χ3v) is 5.41. The quantitative estimate of drug-likeness (QED) is 0.709. The van der Waals surface area contributed by atoms with Gasteiger partial charge in [-0.15, -0.1) is 0 Å². The highest BCUT2D eigenvalue weighted by atomic mass is 35.5. The minimum atomic E-state index is -3.88. The summed E-state index contributed by atoms with van der Waals surface area (Å²) in [5, 5.41) is 6.83. The summed E-state index contributed by atoms with van der Waals surface area (Å²) in [6.45, 7) is 4.12. The van der Waals surface area contributed by atoms with Crippen LogP contribution < -0.4 is 4.72 Å². The molecule has 2 rings (SSSR count). The lowest BCUT2D eigenvalue weighted by Crippen LogP contribution is -2.14. The molecule has 9 heteroatoms. The lowest BCUT2D eigenvalue weighted by atomic mass is 10.0. The van der Waals surface area contributed by atoms with Crippen LogP contribution in [0.4, 0.5) is 5.82 Å². The second-order valence-electron chi connectivity index (χ2n) is 5.64. The molecule has 0 saturated heterocycles. The molecule has 0 aliphatic rings. The first kappa shape index (κ1) is 19.3. The van der Waals surface area contributed by atoms with Crippen LogP contribution in [0.2, 0.25) is 5.02 Å². The predicted molar refractivity (Wildman–Crippen MR) is 95.5 cm³/mol. The van der Waals surface area contributed by atoms with E-state index in [2.05, 4.69) is 26.6 Å². The number of carbonyl (C=O) groups is 1. The van der Waals surface area contributed by atoms with E-state index in [-0.39, 0.29) is 27.2 Å². The minimum absolute atomic E-state index is 0.00555. The molecule has 0 saturated carbocycles. The van der Waals surface area contributed by atoms with Crippen LogP contribution in [0.15, 0.2) is 29.2 Å². The largest absolute Gasteiger partial charge is 0.465 e. The number of esters is 1. The summed E-state index contributed by atoms with van der Waals surface area (Å²) < 4.78 is 31.9. The standard InChI is InChI=1S/C16H20ClN3O4S/c1-4-5-10(2)14-9-15(19-18-14)20-25(22,23)11-6-7-12(13(17)8-11)16(21)24-3/h6-10H,4-5H2,1-3H3,(H2,18,19,20). The molecule has 7 nitrogen and oxygen atoms in total. The molecular weight excluding hydrogens is 366 g/mol. The summed E-state index contributed by atoms with van der Waals surface area (Å²) in [7, 11) is -2.66. The van der Waals surface area contributed by atoms with E-state index in [1.165, 1.54) is 25.3 Å². The molecule has 0 radical (unpaired) electrons. The Morgan fingerprint density at radius 1 is 1.40 bits per heavy atom. The van der Waals surface area contributed by atoms with Crippen molar-refractivity contribution in [2.45, 2.75) is 37.5 Å². The molecule has 2 N–H and O–H groups in total. The molecule has 0 amide bonds. The van der Waals surface area contributed by atoms with Crippen LogP contribution in [-0.2, 0) is 14.8 Å². The fourth-order valence-corrected chi connectivity index (χ4v) is 3.71. The number of aromatic amines is 1. The number of benzene rings is 1. The Hall–Kier alpha value is -2.06. The highest BCUT2D eigenvalue weighted by Gasteiger charge is 2.20. The monoisotopic (exact) mass is 385 g/mol. The number of methoxy groups -OCH3 is 1. The number of aromatic nitrogens is 2. The Kier molecular flexibility index (Phi) is 6.07. The maximum absolute atomic E-state index is 12.5. The lowest BCUT2D eigenvalue weighted by molar-refractivity contribution is 0.0601. The van der Waals surface area contributed by atoms with E-state index in [4.69, 9.17) is 11.6 Å². The summed E-state index contributed by atoms with van der Waals surface area (Å²) in [5.41, 5.74) is 0.956. The Labute approximate surface area is 151 Å². The number of halogens is 1. The third kappa shape index (κ3) is 4.52. The van der Waals surface area contributed by atoms with Crippen LogP contribution in [0.3, 0.4) is 0 Å². The van der Waals surface area contributed by atoms with E-state index in [0.29, 0.717) is 0 Å². The Bertz CT molecular complexity index is 864. The topological polar surface area (TPSA) is 101 Å². The first-order valence-corrected chi connectivity index (χ1v) is 9.60. The van der Waals surface area contributed by atoms with Gasteiger partial charge in [0.25, 0.3) is 10.0 Å². The van der Waals surface area contributed by atoms with Crippen molar-refractivity contribution < 1.29 is 17.9 Å². The van der Waals surface area contributed by atoms with Gasteiger partial charge in [0.05, 0.1) is 22.6 Å². The molecule has 1 unspecified atom stereocenters. The average molecular weight is 386 g/mol. The minimum Gasteiger partial charge on any atom is -0.465 e. The number of H-pyrrole nitrogens is 1. The maximum Gasteiger partial charge on any atom is 0.339 e. The van der Waals surface area contributed by atoms with Crippen molar-refractivity contribution in [3.05, 3.63) is 40.5 Å². The SMILES string of the molecule is CCCC(C)c1cc(NS(=O)(=O)c2ccc(C(=O)OC)c(Cl)c2)n[nH]1. The van der Waals surface area contributed by atoms with Gasteiger partial charge in [-0.2, -0.15) is 5.10 Å². The second kappa shape index (κ2) is 7.88. The Balaban J connectivity index is 2.22. The number of hydrogen-bond acceptors (Lipinski definition) is 5. The van der Waals surface area contributed by atoms with Crippen molar-refractivity contribution in [3.8, 4) is 0 Å². The van der Waals surface area contributed by atoms with Crippen LogP contribution in [0, 0.1) is 0 Å². The number of ether oxygens (including phenoxy) is 1. The first-order chi connectivity index (χ1) is 11.8.